The molecule has 1 fully saturated rings. The molecule has 19 heavy (non-hydrogen) atoms. The van der Waals surface area contributed by atoms with E-state index in [1.807, 2.05) is 0 Å². The molecular formula is C14H16ClN3O. The number of halogens is 1. The highest BCUT2D eigenvalue weighted by atomic mass is 35.5. The van der Waals surface area contributed by atoms with Gasteiger partial charge in [0, 0.05) is 10.6 Å². The predicted molar refractivity (Wildman–Crippen MR) is 76.5 cm³/mol. The van der Waals surface area contributed by atoms with Gasteiger partial charge < -0.3 is 10.3 Å². The molecule has 0 amide bonds. The normalized spacial score (nSPS) is 17.4. The number of nitrogens with zero attached hydrogens (tertiary/aromatic N) is 1. The van der Waals surface area contributed by atoms with Gasteiger partial charge in [-0.15, -0.1) is 0 Å². The van der Waals surface area contributed by atoms with Crippen molar-refractivity contribution < 1.29 is 0 Å². The van der Waals surface area contributed by atoms with E-state index in [0.717, 1.165) is 0 Å². The summed E-state index contributed by atoms with van der Waals surface area (Å²) < 4.78 is 0. The average molecular weight is 278 g/mol. The monoisotopic (exact) mass is 277 g/mol. The molecule has 0 radical (unpaired) electrons. The standard InChI is InChI=1S/C14H16ClN3O/c1-14(5-2-6-14)16-8-12-17-11-7-9(15)3-4-10(11)13(19)18-12/h3-4,7,16H,2,5-6,8H2,1H3,(H,17,18,19). The maximum Gasteiger partial charge on any atom is 0.258 e. The predicted octanol–water partition coefficient (Wildman–Crippen LogP) is 2.61. The van der Waals surface area contributed by atoms with Crippen molar-refractivity contribution in [3.63, 3.8) is 0 Å². The summed E-state index contributed by atoms with van der Waals surface area (Å²) in [6, 6.07) is 5.13. The minimum atomic E-state index is -0.114. The highest BCUT2D eigenvalue weighted by Crippen LogP contribution is 2.31. The van der Waals surface area contributed by atoms with Crippen LogP contribution in [0.25, 0.3) is 10.9 Å². The Hall–Kier alpha value is -1.39. The summed E-state index contributed by atoms with van der Waals surface area (Å²) in [4.78, 5) is 19.2. The van der Waals surface area contributed by atoms with Crippen molar-refractivity contribution in [2.75, 3.05) is 0 Å². The van der Waals surface area contributed by atoms with Crippen molar-refractivity contribution >= 4 is 22.5 Å². The summed E-state index contributed by atoms with van der Waals surface area (Å²) in [7, 11) is 0. The molecule has 1 aliphatic rings. The van der Waals surface area contributed by atoms with Crippen LogP contribution in [-0.2, 0) is 6.54 Å². The zero-order valence-corrected chi connectivity index (χ0v) is 11.5. The first-order valence-corrected chi connectivity index (χ1v) is 6.87. The topological polar surface area (TPSA) is 57.8 Å². The lowest BCUT2D eigenvalue weighted by Gasteiger charge is -2.39. The molecule has 2 N–H and O–H groups in total. The van der Waals surface area contributed by atoms with Crippen molar-refractivity contribution in [3.05, 3.63) is 39.4 Å². The Kier molecular flexibility index (Phi) is 3.07. The molecule has 0 bridgehead atoms. The average Bonchev–Trinajstić information content (AvgIpc) is 2.33. The van der Waals surface area contributed by atoms with Crippen LogP contribution in [0.4, 0.5) is 0 Å². The van der Waals surface area contributed by atoms with Gasteiger partial charge in [0.2, 0.25) is 0 Å². The van der Waals surface area contributed by atoms with E-state index in [0.29, 0.717) is 28.3 Å². The minimum Gasteiger partial charge on any atom is -0.309 e. The Labute approximate surface area is 116 Å². The van der Waals surface area contributed by atoms with E-state index in [4.69, 9.17) is 11.6 Å². The molecule has 2 aromatic rings. The summed E-state index contributed by atoms with van der Waals surface area (Å²) in [5.74, 6) is 0.660. The Morgan fingerprint density at radius 2 is 2.26 bits per heavy atom. The number of nitrogens with one attached hydrogen (secondary N) is 2. The molecule has 3 rings (SSSR count). The van der Waals surface area contributed by atoms with Crippen LogP contribution in [0.3, 0.4) is 0 Å². The third-order valence-corrected chi connectivity index (χ3v) is 4.09. The van der Waals surface area contributed by atoms with Gasteiger partial charge in [0.1, 0.15) is 5.82 Å². The second kappa shape index (κ2) is 4.62. The largest absolute Gasteiger partial charge is 0.309 e. The fraction of sp³-hybridized carbons (Fsp3) is 0.429. The van der Waals surface area contributed by atoms with E-state index in [2.05, 4.69) is 22.2 Å². The molecule has 100 valence electrons. The molecule has 1 aromatic heterocycles. The van der Waals surface area contributed by atoms with Gasteiger partial charge in [0.15, 0.2) is 0 Å². The van der Waals surface area contributed by atoms with Gasteiger partial charge in [0.25, 0.3) is 5.56 Å². The number of benzene rings is 1. The molecule has 0 spiro atoms. The van der Waals surface area contributed by atoms with Crippen LogP contribution in [-0.4, -0.2) is 15.5 Å². The molecule has 0 aliphatic heterocycles. The van der Waals surface area contributed by atoms with Gasteiger partial charge >= 0.3 is 0 Å². The van der Waals surface area contributed by atoms with Crippen LogP contribution in [0.5, 0.6) is 0 Å². The molecule has 1 aliphatic carbocycles. The van der Waals surface area contributed by atoms with Gasteiger partial charge in [-0.3, -0.25) is 4.79 Å². The van der Waals surface area contributed by atoms with E-state index in [1.54, 1.807) is 18.2 Å². The van der Waals surface area contributed by atoms with Gasteiger partial charge in [-0.05, 0) is 44.4 Å². The minimum absolute atomic E-state index is 0.114. The molecule has 0 saturated heterocycles. The number of aromatic amines is 1. The first-order chi connectivity index (χ1) is 9.06. The molecule has 5 heteroatoms. The molecule has 0 unspecified atom stereocenters. The fourth-order valence-electron chi connectivity index (χ4n) is 2.43. The summed E-state index contributed by atoms with van der Waals surface area (Å²) in [6.07, 6.45) is 3.62. The quantitative estimate of drug-likeness (QED) is 0.907. The van der Waals surface area contributed by atoms with Crippen molar-refractivity contribution in [2.24, 2.45) is 0 Å². The van der Waals surface area contributed by atoms with E-state index in [-0.39, 0.29) is 11.1 Å². The van der Waals surface area contributed by atoms with E-state index < -0.39 is 0 Å². The Balaban J connectivity index is 1.89. The first kappa shape index (κ1) is 12.6. The second-order valence-electron chi connectivity index (χ2n) is 5.44. The zero-order valence-electron chi connectivity index (χ0n) is 10.8. The summed E-state index contributed by atoms with van der Waals surface area (Å²) in [6.45, 7) is 2.78. The Bertz CT molecular complexity index is 676. The lowest BCUT2D eigenvalue weighted by atomic mass is 9.78. The maximum absolute atomic E-state index is 12.0. The lowest BCUT2D eigenvalue weighted by Crippen LogP contribution is -2.47. The van der Waals surface area contributed by atoms with E-state index in [9.17, 15) is 4.79 Å². The van der Waals surface area contributed by atoms with Crippen LogP contribution < -0.4 is 10.9 Å². The zero-order chi connectivity index (χ0) is 13.5. The summed E-state index contributed by atoms with van der Waals surface area (Å²) >= 11 is 5.94. The first-order valence-electron chi connectivity index (χ1n) is 6.49. The number of aromatic nitrogens is 2. The smallest absolute Gasteiger partial charge is 0.258 e. The summed E-state index contributed by atoms with van der Waals surface area (Å²) in [5.41, 5.74) is 0.728. The fourth-order valence-corrected chi connectivity index (χ4v) is 2.59. The third kappa shape index (κ3) is 2.51. The molecule has 1 aromatic carbocycles. The van der Waals surface area contributed by atoms with E-state index in [1.165, 1.54) is 19.3 Å². The van der Waals surface area contributed by atoms with Crippen LogP contribution in [0.2, 0.25) is 5.02 Å². The second-order valence-corrected chi connectivity index (χ2v) is 5.88. The Morgan fingerprint density at radius 3 is 2.95 bits per heavy atom. The van der Waals surface area contributed by atoms with Gasteiger partial charge in [-0.25, -0.2) is 4.98 Å². The summed E-state index contributed by atoms with van der Waals surface area (Å²) in [5, 5.41) is 4.62. The molecule has 0 atom stereocenters. The van der Waals surface area contributed by atoms with Gasteiger partial charge in [-0.1, -0.05) is 11.6 Å². The van der Waals surface area contributed by atoms with Crippen LogP contribution in [0, 0.1) is 0 Å². The highest BCUT2D eigenvalue weighted by molar-refractivity contribution is 6.31. The van der Waals surface area contributed by atoms with Crippen LogP contribution >= 0.6 is 11.6 Å². The molecule has 4 nitrogen and oxygen atoms in total. The highest BCUT2D eigenvalue weighted by Gasteiger charge is 2.30. The maximum atomic E-state index is 12.0. The van der Waals surface area contributed by atoms with Gasteiger partial charge in [-0.2, -0.15) is 0 Å². The SMILES string of the molecule is CC1(NCc2nc3cc(Cl)ccc3c(=O)[nH]2)CCC1. The molecule has 1 saturated carbocycles. The van der Waals surface area contributed by atoms with Gasteiger partial charge in [0.05, 0.1) is 17.4 Å². The van der Waals surface area contributed by atoms with Crippen LogP contribution in [0.1, 0.15) is 32.0 Å². The molecule has 1 heterocycles. The van der Waals surface area contributed by atoms with Crippen molar-refractivity contribution in [1.29, 1.82) is 0 Å². The lowest BCUT2D eigenvalue weighted by molar-refractivity contribution is 0.205. The number of hydrogen-bond donors (Lipinski definition) is 2. The number of hydrogen-bond acceptors (Lipinski definition) is 3. The molecular weight excluding hydrogens is 262 g/mol. The van der Waals surface area contributed by atoms with Crippen molar-refractivity contribution in [2.45, 2.75) is 38.3 Å². The number of H-pyrrole nitrogens is 1. The number of rotatable bonds is 3. The van der Waals surface area contributed by atoms with Crippen LogP contribution in [0.15, 0.2) is 23.0 Å². The van der Waals surface area contributed by atoms with Crippen molar-refractivity contribution in [3.8, 4) is 0 Å². The third-order valence-electron chi connectivity index (χ3n) is 3.86. The van der Waals surface area contributed by atoms with Crippen molar-refractivity contribution in [1.82, 2.24) is 15.3 Å². The Morgan fingerprint density at radius 1 is 1.47 bits per heavy atom. The number of fused-ring (bicyclic) bond motifs is 1. The van der Waals surface area contributed by atoms with E-state index >= 15 is 0 Å².